The second kappa shape index (κ2) is 14.1. The molecule has 1 aliphatic carbocycles. The van der Waals surface area contributed by atoms with Crippen molar-refractivity contribution < 1.29 is 41.5 Å². The number of hydrogen-bond acceptors (Lipinski definition) is 8. The quantitative estimate of drug-likeness (QED) is 0.210. The Morgan fingerprint density at radius 2 is 1.88 bits per heavy atom. The Hall–Kier alpha value is -3.52. The highest BCUT2D eigenvalue weighted by atomic mass is 32.2. The topological polar surface area (TPSA) is 119 Å². The van der Waals surface area contributed by atoms with Gasteiger partial charge in [-0.05, 0) is 44.9 Å². The highest BCUT2D eigenvalue weighted by Gasteiger charge is 2.34. The highest BCUT2D eigenvalue weighted by molar-refractivity contribution is 7.90. The van der Waals surface area contributed by atoms with E-state index in [1.807, 2.05) is 0 Å². The molecule has 14 heteroatoms. The van der Waals surface area contributed by atoms with Crippen LogP contribution < -0.4 is 4.74 Å². The molecular weight excluding hydrogens is 577 g/mol. The summed E-state index contributed by atoms with van der Waals surface area (Å²) in [6, 6.07) is 7.61. The van der Waals surface area contributed by atoms with E-state index in [1.165, 1.54) is 23.8 Å². The zero-order valence-electron chi connectivity index (χ0n) is 23.4. The number of rotatable bonds is 10. The minimum absolute atomic E-state index is 0.0175. The van der Waals surface area contributed by atoms with Gasteiger partial charge in [-0.3, -0.25) is 4.98 Å². The molecule has 3 aromatic rings. The number of carbonyl (C=O) groups excluding carboxylic acids is 2. The summed E-state index contributed by atoms with van der Waals surface area (Å²) in [5, 5.41) is -0.0175. The predicted molar refractivity (Wildman–Crippen MR) is 148 cm³/mol. The number of halogens is 3. The molecule has 0 spiro atoms. The van der Waals surface area contributed by atoms with E-state index in [1.54, 1.807) is 36.1 Å². The molecule has 1 fully saturated rings. The molecule has 0 saturated heterocycles. The number of nitrogens with zero attached hydrogens (tertiary/aromatic N) is 4. The van der Waals surface area contributed by atoms with Crippen LogP contribution in [0.1, 0.15) is 50.3 Å². The third-order valence-electron chi connectivity index (χ3n) is 6.92. The van der Waals surface area contributed by atoms with Crippen molar-refractivity contribution in [1.29, 1.82) is 0 Å². The Morgan fingerprint density at radius 3 is 2.60 bits per heavy atom. The maximum Gasteiger partial charge on any atom is 0.508 e. The number of fused-ring (bicyclic) bond motifs is 1. The maximum atomic E-state index is 14.2. The van der Waals surface area contributed by atoms with Crippen molar-refractivity contribution >= 4 is 34.4 Å². The molecule has 1 unspecified atom stereocenters. The molecule has 2 aromatic heterocycles. The van der Waals surface area contributed by atoms with Crippen LogP contribution in [0.3, 0.4) is 0 Å². The van der Waals surface area contributed by atoms with Crippen LogP contribution in [0.4, 0.5) is 22.8 Å². The number of imidazole rings is 1. The number of alkyl halides is 3. The van der Waals surface area contributed by atoms with Crippen LogP contribution in [-0.4, -0.2) is 74.8 Å². The van der Waals surface area contributed by atoms with E-state index in [-0.39, 0.29) is 48.2 Å². The van der Waals surface area contributed by atoms with E-state index in [0.29, 0.717) is 16.6 Å². The minimum Gasteiger partial charge on any atom is -0.609 e. The summed E-state index contributed by atoms with van der Waals surface area (Å²) < 4.78 is 68.1. The van der Waals surface area contributed by atoms with E-state index >= 15 is 0 Å². The Balaban J connectivity index is 1.64. The smallest absolute Gasteiger partial charge is 0.508 e. The van der Waals surface area contributed by atoms with Crippen LogP contribution in [0.5, 0.6) is 5.75 Å². The largest absolute Gasteiger partial charge is 0.609 e. The van der Waals surface area contributed by atoms with E-state index in [2.05, 4.69) is 9.97 Å². The van der Waals surface area contributed by atoms with E-state index in [4.69, 9.17) is 14.2 Å². The number of aromatic nitrogens is 3. The summed E-state index contributed by atoms with van der Waals surface area (Å²) >= 11 is -1.92. The lowest BCUT2D eigenvalue weighted by atomic mass is 9.94. The average Bonchev–Trinajstić information content (AvgIpc) is 3.35. The summed E-state index contributed by atoms with van der Waals surface area (Å²) in [6.07, 6.45) is 0.409. The first-order valence-corrected chi connectivity index (χ1v) is 15.0. The Bertz CT molecular complexity index is 1380. The summed E-state index contributed by atoms with van der Waals surface area (Å²) in [6.45, 7) is 1.90. The highest BCUT2D eigenvalue weighted by Crippen LogP contribution is 2.29. The molecule has 1 atom stereocenters. The van der Waals surface area contributed by atoms with Gasteiger partial charge in [0.2, 0.25) is 0 Å². The van der Waals surface area contributed by atoms with Crippen molar-refractivity contribution in [3.63, 3.8) is 0 Å². The number of pyridine rings is 1. The monoisotopic (exact) mass is 610 g/mol. The van der Waals surface area contributed by atoms with E-state index in [0.717, 1.165) is 32.1 Å². The number of amides is 1. The zero-order chi connectivity index (χ0) is 30.3. The average molecular weight is 611 g/mol. The summed E-state index contributed by atoms with van der Waals surface area (Å²) in [5.41, 5.74) is 1.47. The van der Waals surface area contributed by atoms with Crippen LogP contribution in [0.25, 0.3) is 11.0 Å². The Morgan fingerprint density at radius 1 is 1.14 bits per heavy atom. The molecule has 0 aliphatic heterocycles. The SMILES string of the molecule is CCOC(=O)OCCN(C(=O)n1c([S+]([O-])Cc2nccc(OCC(F)(F)F)c2C)nc2ccccc21)C1CCCCC1. The fraction of sp³-hybridized carbons (Fsp3) is 0.500. The van der Waals surface area contributed by atoms with Gasteiger partial charge >= 0.3 is 23.5 Å². The molecule has 2 heterocycles. The number of para-hydroxylation sites is 2. The fourth-order valence-electron chi connectivity index (χ4n) is 4.89. The van der Waals surface area contributed by atoms with Crippen LogP contribution in [-0.2, 0) is 26.4 Å². The van der Waals surface area contributed by atoms with Gasteiger partial charge in [-0.1, -0.05) is 31.4 Å². The summed E-state index contributed by atoms with van der Waals surface area (Å²) in [5.74, 6) is -0.231. The standard InChI is InChI=1S/C28H33F3N4O6S/c1-3-39-27(37)40-16-15-34(20-9-5-4-6-10-20)26(36)35-23-12-8-7-11-21(23)33-25(35)42(38)17-22-19(2)24(13-14-32-22)41-18-28(29,30)31/h7-8,11-14,20H,3-6,9-10,15-18H2,1-2H3. The van der Waals surface area contributed by atoms with Crippen molar-refractivity contribution in [2.45, 2.75) is 69.1 Å². The van der Waals surface area contributed by atoms with Crippen LogP contribution in [0.15, 0.2) is 41.7 Å². The minimum atomic E-state index is -4.52. The zero-order valence-corrected chi connectivity index (χ0v) is 24.2. The third-order valence-corrected chi connectivity index (χ3v) is 8.14. The number of carbonyl (C=O) groups is 2. The number of hydrogen-bond donors (Lipinski definition) is 0. The van der Waals surface area contributed by atoms with Crippen molar-refractivity contribution in [3.8, 4) is 5.75 Å². The first-order chi connectivity index (χ1) is 20.1. The molecule has 0 bridgehead atoms. The van der Waals surface area contributed by atoms with Gasteiger partial charge in [0.25, 0.3) is 0 Å². The Labute approximate surface area is 244 Å². The van der Waals surface area contributed by atoms with Gasteiger partial charge in [0, 0.05) is 29.0 Å². The molecule has 42 heavy (non-hydrogen) atoms. The molecular formula is C28H33F3N4O6S. The van der Waals surface area contributed by atoms with Gasteiger partial charge in [0.1, 0.15) is 12.4 Å². The summed E-state index contributed by atoms with van der Waals surface area (Å²) in [7, 11) is 0. The second-order valence-electron chi connectivity index (χ2n) is 9.79. The lowest BCUT2D eigenvalue weighted by molar-refractivity contribution is -0.153. The molecule has 10 nitrogen and oxygen atoms in total. The molecule has 1 aromatic carbocycles. The molecule has 0 radical (unpaired) electrons. The van der Waals surface area contributed by atoms with Crippen LogP contribution in [0.2, 0.25) is 0 Å². The molecule has 1 aliphatic rings. The lowest BCUT2D eigenvalue weighted by Crippen LogP contribution is -2.46. The van der Waals surface area contributed by atoms with Gasteiger partial charge < -0.3 is 23.7 Å². The fourth-order valence-corrected chi connectivity index (χ4v) is 6.14. The van der Waals surface area contributed by atoms with Crippen LogP contribution >= 0.6 is 0 Å². The molecule has 228 valence electrons. The Kier molecular flexibility index (Phi) is 10.5. The predicted octanol–water partition coefficient (Wildman–Crippen LogP) is 5.76. The van der Waals surface area contributed by atoms with E-state index < -0.39 is 36.1 Å². The van der Waals surface area contributed by atoms with Crippen molar-refractivity contribution in [3.05, 3.63) is 47.8 Å². The van der Waals surface area contributed by atoms with Gasteiger partial charge in [0.15, 0.2) is 12.4 Å². The van der Waals surface area contributed by atoms with Gasteiger partial charge in [-0.15, -0.1) is 0 Å². The summed E-state index contributed by atoms with van der Waals surface area (Å²) in [4.78, 5) is 36.3. The normalized spacial score (nSPS) is 14.9. The maximum absolute atomic E-state index is 14.2. The molecule has 1 saturated carbocycles. The van der Waals surface area contributed by atoms with E-state index in [9.17, 15) is 27.3 Å². The first-order valence-electron chi connectivity index (χ1n) is 13.7. The molecule has 0 N–H and O–H groups in total. The second-order valence-corrected chi connectivity index (χ2v) is 11.1. The van der Waals surface area contributed by atoms with Crippen molar-refractivity contribution in [2.75, 3.05) is 26.4 Å². The lowest BCUT2D eigenvalue weighted by Gasteiger charge is -2.34. The third kappa shape index (κ3) is 7.85. The van der Waals surface area contributed by atoms with Gasteiger partial charge in [-0.25, -0.2) is 14.2 Å². The number of benzene rings is 1. The van der Waals surface area contributed by atoms with Crippen LogP contribution in [0, 0.1) is 6.92 Å². The first kappa shape index (κ1) is 31.4. The van der Waals surface area contributed by atoms with Gasteiger partial charge in [-0.2, -0.15) is 18.2 Å². The molecule has 1 amide bonds. The number of ether oxygens (including phenoxy) is 3. The van der Waals surface area contributed by atoms with Crippen molar-refractivity contribution in [2.24, 2.45) is 0 Å². The van der Waals surface area contributed by atoms with Gasteiger partial charge in [0.05, 0.1) is 29.9 Å². The van der Waals surface area contributed by atoms with Crippen molar-refractivity contribution in [1.82, 2.24) is 19.4 Å². The molecule has 4 rings (SSSR count).